The Bertz CT molecular complexity index is 356. The van der Waals surface area contributed by atoms with E-state index in [-0.39, 0.29) is 5.54 Å². The van der Waals surface area contributed by atoms with Crippen LogP contribution in [0.15, 0.2) is 22.7 Å². The number of hydrogen-bond acceptors (Lipinski definition) is 2. The average Bonchev–Trinajstić information content (AvgIpc) is 2.21. The summed E-state index contributed by atoms with van der Waals surface area (Å²) in [6.07, 6.45) is 2.07. The molecule has 1 aromatic carbocycles. The molecule has 96 valence electrons. The summed E-state index contributed by atoms with van der Waals surface area (Å²) in [4.78, 5) is 0. The van der Waals surface area contributed by atoms with E-state index in [1.807, 2.05) is 0 Å². The highest BCUT2D eigenvalue weighted by Crippen LogP contribution is 2.16. The number of halogens is 1. The zero-order valence-electron chi connectivity index (χ0n) is 11.0. The summed E-state index contributed by atoms with van der Waals surface area (Å²) in [5, 5.41) is 3.44. The average molecular weight is 299 g/mol. The smallest absolute Gasteiger partial charge is 0.0178 e. The standard InChI is InChI=1S/C14H23BrN2/c1-11-4-5-13(15)10-12(11)6-8-17-9-7-14(2,3)16/h4-5,10,17H,6-9,16H2,1-3H3. The summed E-state index contributed by atoms with van der Waals surface area (Å²) < 4.78 is 1.15. The van der Waals surface area contributed by atoms with Gasteiger partial charge in [0.1, 0.15) is 0 Å². The predicted octanol–water partition coefficient (Wildman–Crippen LogP) is 3.02. The van der Waals surface area contributed by atoms with Crippen LogP contribution in [0.3, 0.4) is 0 Å². The van der Waals surface area contributed by atoms with Gasteiger partial charge in [0.25, 0.3) is 0 Å². The summed E-state index contributed by atoms with van der Waals surface area (Å²) in [5.41, 5.74) is 8.61. The third-order valence-corrected chi connectivity index (χ3v) is 3.32. The fraction of sp³-hybridized carbons (Fsp3) is 0.571. The second kappa shape index (κ2) is 6.53. The van der Waals surface area contributed by atoms with E-state index in [4.69, 9.17) is 5.73 Å². The molecule has 0 fully saturated rings. The van der Waals surface area contributed by atoms with Gasteiger partial charge in [0.2, 0.25) is 0 Å². The van der Waals surface area contributed by atoms with Crippen molar-refractivity contribution in [3.63, 3.8) is 0 Å². The van der Waals surface area contributed by atoms with E-state index in [1.54, 1.807) is 0 Å². The maximum Gasteiger partial charge on any atom is 0.0178 e. The van der Waals surface area contributed by atoms with Crippen molar-refractivity contribution in [3.8, 4) is 0 Å². The van der Waals surface area contributed by atoms with Gasteiger partial charge in [0, 0.05) is 10.0 Å². The van der Waals surface area contributed by atoms with Crippen molar-refractivity contribution in [2.45, 2.75) is 39.2 Å². The highest BCUT2D eigenvalue weighted by Gasteiger charge is 2.08. The van der Waals surface area contributed by atoms with Gasteiger partial charge in [0.15, 0.2) is 0 Å². The summed E-state index contributed by atoms with van der Waals surface area (Å²) in [6, 6.07) is 6.44. The molecular weight excluding hydrogens is 276 g/mol. The van der Waals surface area contributed by atoms with Crippen molar-refractivity contribution >= 4 is 15.9 Å². The Kier molecular flexibility index (Phi) is 5.63. The first kappa shape index (κ1) is 14.7. The molecule has 17 heavy (non-hydrogen) atoms. The van der Waals surface area contributed by atoms with E-state index in [0.29, 0.717) is 0 Å². The molecule has 3 heteroatoms. The minimum Gasteiger partial charge on any atom is -0.326 e. The van der Waals surface area contributed by atoms with E-state index in [0.717, 1.165) is 30.4 Å². The quantitative estimate of drug-likeness (QED) is 0.792. The van der Waals surface area contributed by atoms with Crippen molar-refractivity contribution in [1.82, 2.24) is 5.32 Å². The molecule has 1 aromatic rings. The van der Waals surface area contributed by atoms with Crippen LogP contribution in [0.1, 0.15) is 31.4 Å². The van der Waals surface area contributed by atoms with E-state index < -0.39 is 0 Å². The summed E-state index contributed by atoms with van der Waals surface area (Å²) in [6.45, 7) is 8.27. The fourth-order valence-corrected chi connectivity index (χ4v) is 2.08. The minimum absolute atomic E-state index is 0.0707. The van der Waals surface area contributed by atoms with Gasteiger partial charge in [-0.3, -0.25) is 0 Å². The van der Waals surface area contributed by atoms with Gasteiger partial charge in [0.05, 0.1) is 0 Å². The van der Waals surface area contributed by atoms with Gasteiger partial charge in [-0.15, -0.1) is 0 Å². The summed E-state index contributed by atoms with van der Waals surface area (Å²) in [7, 11) is 0. The normalized spacial score (nSPS) is 11.8. The predicted molar refractivity (Wildman–Crippen MR) is 78.3 cm³/mol. The third kappa shape index (κ3) is 6.20. The van der Waals surface area contributed by atoms with E-state index in [9.17, 15) is 0 Å². The Morgan fingerprint density at radius 2 is 2.00 bits per heavy atom. The Hall–Kier alpha value is -0.380. The van der Waals surface area contributed by atoms with Crippen molar-refractivity contribution in [1.29, 1.82) is 0 Å². The number of rotatable bonds is 6. The van der Waals surface area contributed by atoms with Crippen LogP contribution in [-0.4, -0.2) is 18.6 Å². The highest BCUT2D eigenvalue weighted by molar-refractivity contribution is 9.10. The lowest BCUT2D eigenvalue weighted by Crippen LogP contribution is -2.36. The molecule has 0 heterocycles. The molecule has 0 aromatic heterocycles. The molecule has 0 aliphatic carbocycles. The molecule has 2 nitrogen and oxygen atoms in total. The van der Waals surface area contributed by atoms with Gasteiger partial charge in [-0.2, -0.15) is 0 Å². The van der Waals surface area contributed by atoms with Crippen molar-refractivity contribution in [2.24, 2.45) is 5.73 Å². The first-order valence-corrected chi connectivity index (χ1v) is 6.92. The van der Waals surface area contributed by atoms with E-state index in [1.165, 1.54) is 11.1 Å². The van der Waals surface area contributed by atoms with E-state index >= 15 is 0 Å². The van der Waals surface area contributed by atoms with Crippen LogP contribution < -0.4 is 11.1 Å². The molecule has 0 amide bonds. The maximum atomic E-state index is 5.93. The summed E-state index contributed by atoms with van der Waals surface area (Å²) in [5.74, 6) is 0. The second-order valence-electron chi connectivity index (χ2n) is 5.31. The zero-order valence-corrected chi connectivity index (χ0v) is 12.6. The highest BCUT2D eigenvalue weighted by atomic mass is 79.9. The van der Waals surface area contributed by atoms with Gasteiger partial charge >= 0.3 is 0 Å². The van der Waals surface area contributed by atoms with Crippen molar-refractivity contribution in [3.05, 3.63) is 33.8 Å². The molecule has 0 saturated carbocycles. The third-order valence-electron chi connectivity index (χ3n) is 2.83. The lowest BCUT2D eigenvalue weighted by Gasteiger charge is -2.18. The van der Waals surface area contributed by atoms with Gasteiger partial charge in [-0.25, -0.2) is 0 Å². The molecule has 1 rings (SSSR count). The monoisotopic (exact) mass is 298 g/mol. The minimum atomic E-state index is -0.0707. The lowest BCUT2D eigenvalue weighted by atomic mass is 10.0. The molecule has 0 aliphatic rings. The SMILES string of the molecule is Cc1ccc(Br)cc1CCNCCC(C)(C)N. The first-order chi connectivity index (χ1) is 7.88. The molecule has 3 N–H and O–H groups in total. The molecule has 0 saturated heterocycles. The van der Waals surface area contributed by atoms with Gasteiger partial charge < -0.3 is 11.1 Å². The Balaban J connectivity index is 2.29. The maximum absolute atomic E-state index is 5.93. The number of nitrogens with one attached hydrogen (secondary N) is 1. The molecule has 0 unspecified atom stereocenters. The zero-order chi connectivity index (χ0) is 12.9. The topological polar surface area (TPSA) is 38.0 Å². The van der Waals surface area contributed by atoms with Crippen LogP contribution in [0, 0.1) is 6.92 Å². The fourth-order valence-electron chi connectivity index (χ4n) is 1.67. The van der Waals surface area contributed by atoms with Crippen LogP contribution in [0.4, 0.5) is 0 Å². The molecule has 0 atom stereocenters. The van der Waals surface area contributed by atoms with Crippen molar-refractivity contribution < 1.29 is 0 Å². The molecule has 0 bridgehead atoms. The molecule has 0 radical (unpaired) electrons. The second-order valence-corrected chi connectivity index (χ2v) is 6.23. The summed E-state index contributed by atoms with van der Waals surface area (Å²) >= 11 is 3.51. The number of benzene rings is 1. The van der Waals surface area contributed by atoms with Gasteiger partial charge in [-0.1, -0.05) is 22.0 Å². The van der Waals surface area contributed by atoms with Gasteiger partial charge in [-0.05, 0) is 70.0 Å². The Morgan fingerprint density at radius 3 is 2.65 bits per heavy atom. The van der Waals surface area contributed by atoms with E-state index in [2.05, 4.69) is 60.2 Å². The first-order valence-electron chi connectivity index (χ1n) is 6.13. The van der Waals surface area contributed by atoms with Crippen LogP contribution in [0.5, 0.6) is 0 Å². The molecule has 0 spiro atoms. The van der Waals surface area contributed by atoms with Crippen molar-refractivity contribution in [2.75, 3.05) is 13.1 Å². The molecular formula is C14H23BrN2. The Labute approximate surface area is 113 Å². The lowest BCUT2D eigenvalue weighted by molar-refractivity contribution is 0.456. The van der Waals surface area contributed by atoms with Crippen LogP contribution in [-0.2, 0) is 6.42 Å². The van der Waals surface area contributed by atoms with Crippen LogP contribution in [0.2, 0.25) is 0 Å². The van der Waals surface area contributed by atoms with Crippen LogP contribution in [0.25, 0.3) is 0 Å². The Morgan fingerprint density at radius 1 is 1.29 bits per heavy atom. The number of hydrogen-bond donors (Lipinski definition) is 2. The number of nitrogens with two attached hydrogens (primary N) is 1. The molecule has 0 aliphatic heterocycles. The van der Waals surface area contributed by atoms with Crippen LogP contribution >= 0.6 is 15.9 Å². The number of aryl methyl sites for hydroxylation is 1. The largest absolute Gasteiger partial charge is 0.326 e.